The molecule has 2 nitrogen and oxygen atoms in total. The number of thiophene rings is 1. The molecule has 0 spiro atoms. The molecule has 0 aromatic carbocycles. The fraction of sp³-hybridized carbons (Fsp3) is 0.556. The molecule has 14 heavy (non-hydrogen) atoms. The number of aliphatic hydroxyl groups is 1. The molecule has 2 atom stereocenters. The lowest BCUT2D eigenvalue weighted by atomic mass is 10.0. The van der Waals surface area contributed by atoms with Crippen molar-refractivity contribution >= 4 is 38.9 Å². The van der Waals surface area contributed by atoms with Crippen LogP contribution in [-0.2, 0) is 4.74 Å². The van der Waals surface area contributed by atoms with Crippen LogP contribution in [0.1, 0.15) is 17.4 Å². The van der Waals surface area contributed by atoms with Crippen LogP contribution in [-0.4, -0.2) is 18.3 Å². The summed E-state index contributed by atoms with van der Waals surface area (Å²) in [5.41, 5.74) is 0. The van der Waals surface area contributed by atoms with Crippen molar-refractivity contribution in [1.82, 2.24) is 0 Å². The molecule has 0 saturated carbocycles. The van der Waals surface area contributed by atoms with Crippen molar-refractivity contribution in [2.45, 2.75) is 12.5 Å². The Labute approximate surface area is 100.0 Å². The lowest BCUT2D eigenvalue weighted by Crippen LogP contribution is -2.09. The highest BCUT2D eigenvalue weighted by Crippen LogP contribution is 2.42. The quantitative estimate of drug-likeness (QED) is 0.908. The fourth-order valence-electron chi connectivity index (χ4n) is 1.64. The molecule has 0 aliphatic carbocycles. The summed E-state index contributed by atoms with van der Waals surface area (Å²) in [7, 11) is 0. The smallest absolute Gasteiger partial charge is 0.107 e. The van der Waals surface area contributed by atoms with Gasteiger partial charge in [-0.15, -0.1) is 11.3 Å². The van der Waals surface area contributed by atoms with Gasteiger partial charge in [0.25, 0.3) is 0 Å². The van der Waals surface area contributed by atoms with Crippen LogP contribution in [0, 0.1) is 5.92 Å². The molecule has 5 heteroatoms. The third-order valence-corrected chi connectivity index (χ3v) is 4.93. The molecule has 0 amide bonds. The second-order valence-electron chi connectivity index (χ2n) is 3.29. The summed E-state index contributed by atoms with van der Waals surface area (Å²) < 4.78 is 7.23. The monoisotopic (exact) mass is 296 g/mol. The maximum atomic E-state index is 9.15. The van der Waals surface area contributed by atoms with Gasteiger partial charge in [0.15, 0.2) is 0 Å². The fourth-order valence-corrected chi connectivity index (χ4v) is 3.52. The van der Waals surface area contributed by atoms with Crippen LogP contribution in [0.15, 0.2) is 10.5 Å². The Hall–Kier alpha value is 0.390. The zero-order valence-electron chi connectivity index (χ0n) is 7.37. The van der Waals surface area contributed by atoms with E-state index in [0.717, 1.165) is 26.7 Å². The van der Waals surface area contributed by atoms with E-state index in [4.69, 9.17) is 21.4 Å². The molecular formula is C9H10BrClO2S. The van der Waals surface area contributed by atoms with Crippen LogP contribution in [0.3, 0.4) is 0 Å². The average molecular weight is 298 g/mol. The van der Waals surface area contributed by atoms with Crippen molar-refractivity contribution in [1.29, 1.82) is 0 Å². The molecule has 0 radical (unpaired) electrons. The van der Waals surface area contributed by atoms with E-state index >= 15 is 0 Å². The predicted octanol–water partition coefficient (Wildman–Crippen LogP) is 3.23. The zero-order chi connectivity index (χ0) is 10.1. The summed E-state index contributed by atoms with van der Waals surface area (Å²) >= 11 is 10.8. The second-order valence-corrected chi connectivity index (χ2v) is 5.83. The van der Waals surface area contributed by atoms with Gasteiger partial charge in [-0.1, -0.05) is 11.6 Å². The number of aliphatic hydroxyl groups excluding tert-OH is 1. The van der Waals surface area contributed by atoms with Crippen molar-refractivity contribution in [3.63, 3.8) is 0 Å². The highest BCUT2D eigenvalue weighted by atomic mass is 79.9. The molecule has 2 unspecified atom stereocenters. The number of halogens is 2. The van der Waals surface area contributed by atoms with E-state index in [-0.39, 0.29) is 18.6 Å². The van der Waals surface area contributed by atoms with Crippen LogP contribution in [0.2, 0.25) is 4.34 Å². The van der Waals surface area contributed by atoms with E-state index in [9.17, 15) is 0 Å². The van der Waals surface area contributed by atoms with Crippen LogP contribution >= 0.6 is 38.9 Å². The third kappa shape index (κ3) is 1.99. The zero-order valence-corrected chi connectivity index (χ0v) is 10.5. The second kappa shape index (κ2) is 4.49. The van der Waals surface area contributed by atoms with Gasteiger partial charge in [-0.05, 0) is 28.4 Å². The number of rotatable bonds is 2. The molecule has 1 saturated heterocycles. The molecule has 1 N–H and O–H groups in total. The van der Waals surface area contributed by atoms with Gasteiger partial charge in [0, 0.05) is 28.5 Å². The topological polar surface area (TPSA) is 29.5 Å². The van der Waals surface area contributed by atoms with Crippen molar-refractivity contribution in [3.05, 3.63) is 19.8 Å². The first-order valence-electron chi connectivity index (χ1n) is 4.39. The summed E-state index contributed by atoms with van der Waals surface area (Å²) in [6, 6.07) is 1.98. The highest BCUT2D eigenvalue weighted by molar-refractivity contribution is 9.10. The van der Waals surface area contributed by atoms with Gasteiger partial charge in [0.2, 0.25) is 0 Å². The lowest BCUT2D eigenvalue weighted by molar-refractivity contribution is 0.0747. The predicted molar refractivity (Wildman–Crippen MR) is 60.9 cm³/mol. The first-order chi connectivity index (χ1) is 6.72. The maximum Gasteiger partial charge on any atom is 0.107 e. The van der Waals surface area contributed by atoms with E-state index in [1.807, 2.05) is 6.07 Å². The maximum absolute atomic E-state index is 9.15. The minimum atomic E-state index is 0.0220. The summed E-state index contributed by atoms with van der Waals surface area (Å²) in [6.07, 6.45) is 0.947. The van der Waals surface area contributed by atoms with Crippen molar-refractivity contribution in [3.8, 4) is 0 Å². The number of ether oxygens (including phenoxy) is 1. The summed E-state index contributed by atoms with van der Waals surface area (Å²) in [5.74, 6) is 0.219. The van der Waals surface area contributed by atoms with Gasteiger partial charge in [0.05, 0.1) is 6.10 Å². The Balaban J connectivity index is 2.21. The Morgan fingerprint density at radius 3 is 3.07 bits per heavy atom. The standard InChI is InChI=1S/C9H10BrClO2S/c10-6-3-7(14-9(6)11)8-5(4-12)1-2-13-8/h3,5,8,12H,1-2,4H2. The molecule has 1 fully saturated rings. The molecule has 1 aromatic rings. The highest BCUT2D eigenvalue weighted by Gasteiger charge is 2.30. The van der Waals surface area contributed by atoms with Crippen molar-refractivity contribution in [2.75, 3.05) is 13.2 Å². The van der Waals surface area contributed by atoms with E-state index in [1.54, 1.807) is 0 Å². The molecule has 78 valence electrons. The van der Waals surface area contributed by atoms with E-state index in [2.05, 4.69) is 15.9 Å². The summed E-state index contributed by atoms with van der Waals surface area (Å²) in [6.45, 7) is 0.904. The Bertz CT molecular complexity index is 309. The van der Waals surface area contributed by atoms with Gasteiger partial charge >= 0.3 is 0 Å². The van der Waals surface area contributed by atoms with Crippen LogP contribution < -0.4 is 0 Å². The number of hydrogen-bond donors (Lipinski definition) is 1. The largest absolute Gasteiger partial charge is 0.396 e. The molecule has 1 aliphatic heterocycles. The van der Waals surface area contributed by atoms with Gasteiger partial charge in [-0.25, -0.2) is 0 Å². The minimum absolute atomic E-state index is 0.0220. The van der Waals surface area contributed by atoms with Crippen LogP contribution in [0.4, 0.5) is 0 Å². The third-order valence-electron chi connectivity index (χ3n) is 2.39. The lowest BCUT2D eigenvalue weighted by Gasteiger charge is -2.13. The number of hydrogen-bond acceptors (Lipinski definition) is 3. The Morgan fingerprint density at radius 1 is 1.71 bits per heavy atom. The molecular weight excluding hydrogens is 288 g/mol. The Morgan fingerprint density at radius 2 is 2.50 bits per heavy atom. The SMILES string of the molecule is OCC1CCOC1c1cc(Br)c(Cl)s1. The van der Waals surface area contributed by atoms with Gasteiger partial charge in [-0.3, -0.25) is 0 Å². The van der Waals surface area contributed by atoms with Gasteiger partial charge in [-0.2, -0.15) is 0 Å². The first kappa shape index (κ1) is 10.9. The molecule has 1 aliphatic rings. The van der Waals surface area contributed by atoms with Crippen LogP contribution in [0.25, 0.3) is 0 Å². The average Bonchev–Trinajstić information content (AvgIpc) is 2.73. The van der Waals surface area contributed by atoms with E-state index < -0.39 is 0 Å². The summed E-state index contributed by atoms with van der Waals surface area (Å²) in [4.78, 5) is 1.10. The normalized spacial score (nSPS) is 27.1. The first-order valence-corrected chi connectivity index (χ1v) is 6.38. The van der Waals surface area contributed by atoms with E-state index in [0.29, 0.717) is 0 Å². The minimum Gasteiger partial charge on any atom is -0.396 e. The van der Waals surface area contributed by atoms with E-state index in [1.165, 1.54) is 11.3 Å². The molecule has 2 heterocycles. The van der Waals surface area contributed by atoms with Crippen molar-refractivity contribution < 1.29 is 9.84 Å². The molecule has 2 rings (SSSR count). The molecule has 0 bridgehead atoms. The van der Waals surface area contributed by atoms with Crippen LogP contribution in [0.5, 0.6) is 0 Å². The van der Waals surface area contributed by atoms with Gasteiger partial charge in [0.1, 0.15) is 4.34 Å². The van der Waals surface area contributed by atoms with Crippen molar-refractivity contribution in [2.24, 2.45) is 5.92 Å². The summed E-state index contributed by atoms with van der Waals surface area (Å²) in [5, 5.41) is 9.15. The molecule has 1 aromatic heterocycles. The van der Waals surface area contributed by atoms with Gasteiger partial charge < -0.3 is 9.84 Å². The Kier molecular flexibility index (Phi) is 3.50.